The lowest BCUT2D eigenvalue weighted by molar-refractivity contribution is -0.116. The molecule has 1 heterocycles. The van der Waals surface area contributed by atoms with Gasteiger partial charge in [-0.25, -0.2) is 4.79 Å². The van der Waals surface area contributed by atoms with Crippen molar-refractivity contribution in [3.05, 3.63) is 58.6 Å². The average Bonchev–Trinajstić information content (AvgIpc) is 3.09. The van der Waals surface area contributed by atoms with E-state index in [0.29, 0.717) is 33.9 Å². The molecule has 1 aliphatic rings. The van der Waals surface area contributed by atoms with Crippen LogP contribution in [0.15, 0.2) is 52.7 Å². The Morgan fingerprint density at radius 3 is 2.82 bits per heavy atom. The molecule has 0 bridgehead atoms. The van der Waals surface area contributed by atoms with Crippen LogP contribution in [-0.4, -0.2) is 35.6 Å². The van der Waals surface area contributed by atoms with Crippen molar-refractivity contribution in [3.8, 4) is 11.5 Å². The summed E-state index contributed by atoms with van der Waals surface area (Å²) in [5, 5.41) is 11.3. The number of amides is 1. The van der Waals surface area contributed by atoms with Gasteiger partial charge in [0.15, 0.2) is 16.7 Å². The Morgan fingerprint density at radius 1 is 1.29 bits per heavy atom. The first-order valence-electron chi connectivity index (χ1n) is 8.34. The number of carbonyl (C=O) groups is 2. The van der Waals surface area contributed by atoms with Gasteiger partial charge in [-0.05, 0) is 42.8 Å². The lowest BCUT2D eigenvalue weighted by Gasteiger charge is -2.11. The molecule has 0 aromatic heterocycles. The number of rotatable bonds is 6. The Bertz CT molecular complexity index is 962. The van der Waals surface area contributed by atoms with Crippen LogP contribution in [0.1, 0.15) is 22.8 Å². The number of thioether (sulfide) groups is 1. The monoisotopic (exact) mass is 417 g/mol. The number of benzene rings is 2. The van der Waals surface area contributed by atoms with Crippen LogP contribution < -0.4 is 14.8 Å². The predicted octanol–water partition coefficient (Wildman–Crippen LogP) is 3.51. The topological polar surface area (TPSA) is 89.3 Å². The van der Waals surface area contributed by atoms with Gasteiger partial charge in [0.1, 0.15) is 0 Å². The van der Waals surface area contributed by atoms with Gasteiger partial charge in [0, 0.05) is 0 Å². The third-order valence-corrected chi connectivity index (χ3v) is 4.70. The van der Waals surface area contributed by atoms with Gasteiger partial charge < -0.3 is 14.8 Å². The van der Waals surface area contributed by atoms with Crippen LogP contribution in [0.25, 0.3) is 0 Å². The largest absolute Gasteiger partial charge is 0.490 e. The number of carbonyl (C=O) groups excluding carboxylic acids is 2. The van der Waals surface area contributed by atoms with Gasteiger partial charge in [0.2, 0.25) is 5.91 Å². The summed E-state index contributed by atoms with van der Waals surface area (Å²) in [6, 6.07) is 11.7. The van der Waals surface area contributed by atoms with Crippen molar-refractivity contribution in [3.63, 3.8) is 0 Å². The number of esters is 1. The maximum atomic E-state index is 12.4. The van der Waals surface area contributed by atoms with E-state index in [1.54, 1.807) is 42.5 Å². The minimum atomic E-state index is -0.576. The van der Waals surface area contributed by atoms with Crippen molar-refractivity contribution < 1.29 is 19.1 Å². The van der Waals surface area contributed by atoms with Gasteiger partial charge in [-0.15, -0.1) is 5.10 Å². The van der Waals surface area contributed by atoms with E-state index >= 15 is 0 Å². The SMILES string of the molecule is CCOc1cc(C=NN=C2NC(=O)CS2)ccc1OC(=O)c1ccccc1Cl. The van der Waals surface area contributed by atoms with Crippen LogP contribution in [0.3, 0.4) is 0 Å². The molecule has 0 atom stereocenters. The molecule has 7 nitrogen and oxygen atoms in total. The summed E-state index contributed by atoms with van der Waals surface area (Å²) in [4.78, 5) is 23.5. The Kier molecular flexibility index (Phi) is 6.67. The number of hydrogen-bond acceptors (Lipinski definition) is 7. The van der Waals surface area contributed by atoms with E-state index in [4.69, 9.17) is 21.1 Å². The van der Waals surface area contributed by atoms with Crippen LogP contribution in [0.2, 0.25) is 5.02 Å². The van der Waals surface area contributed by atoms with E-state index < -0.39 is 5.97 Å². The van der Waals surface area contributed by atoms with Gasteiger partial charge >= 0.3 is 5.97 Å². The molecule has 1 N–H and O–H groups in total. The highest BCUT2D eigenvalue weighted by Crippen LogP contribution is 2.29. The number of hydrogen-bond donors (Lipinski definition) is 1. The molecule has 1 fully saturated rings. The molecule has 3 rings (SSSR count). The lowest BCUT2D eigenvalue weighted by atomic mass is 10.2. The number of halogens is 1. The maximum Gasteiger partial charge on any atom is 0.345 e. The fourth-order valence-electron chi connectivity index (χ4n) is 2.27. The average molecular weight is 418 g/mol. The first kappa shape index (κ1) is 19.9. The summed E-state index contributed by atoms with van der Waals surface area (Å²) >= 11 is 7.33. The van der Waals surface area contributed by atoms with Crippen LogP contribution in [-0.2, 0) is 4.79 Å². The Hall–Kier alpha value is -2.84. The summed E-state index contributed by atoms with van der Waals surface area (Å²) in [6.45, 7) is 2.22. The molecule has 28 heavy (non-hydrogen) atoms. The lowest BCUT2D eigenvalue weighted by Crippen LogP contribution is -2.19. The summed E-state index contributed by atoms with van der Waals surface area (Å²) in [5.74, 6) is 0.335. The smallest absolute Gasteiger partial charge is 0.345 e. The second kappa shape index (κ2) is 9.38. The van der Waals surface area contributed by atoms with Crippen LogP contribution >= 0.6 is 23.4 Å². The van der Waals surface area contributed by atoms with Gasteiger partial charge in [0.25, 0.3) is 0 Å². The van der Waals surface area contributed by atoms with Crippen LogP contribution in [0, 0.1) is 0 Å². The van der Waals surface area contributed by atoms with Crippen molar-refractivity contribution in [2.24, 2.45) is 10.2 Å². The van der Waals surface area contributed by atoms with E-state index in [1.165, 1.54) is 18.0 Å². The van der Waals surface area contributed by atoms with Crippen molar-refractivity contribution in [2.75, 3.05) is 12.4 Å². The zero-order chi connectivity index (χ0) is 19.9. The number of ether oxygens (including phenoxy) is 2. The third kappa shape index (κ3) is 5.11. The highest BCUT2D eigenvalue weighted by atomic mass is 35.5. The Morgan fingerprint density at radius 2 is 2.11 bits per heavy atom. The van der Waals surface area contributed by atoms with E-state index in [0.717, 1.165) is 0 Å². The number of amidine groups is 1. The molecule has 1 amide bonds. The Labute approximate surface area is 170 Å². The zero-order valence-electron chi connectivity index (χ0n) is 14.8. The van der Waals surface area contributed by atoms with Crippen molar-refractivity contribution in [2.45, 2.75) is 6.92 Å². The summed E-state index contributed by atoms with van der Waals surface area (Å²) in [5.41, 5.74) is 0.962. The molecule has 0 saturated carbocycles. The van der Waals surface area contributed by atoms with Gasteiger partial charge in [-0.3, -0.25) is 4.79 Å². The number of nitrogens with zero attached hydrogens (tertiary/aromatic N) is 2. The van der Waals surface area contributed by atoms with Gasteiger partial charge in [0.05, 0.1) is 29.2 Å². The molecular formula is C19H16ClN3O4S. The minimum Gasteiger partial charge on any atom is -0.490 e. The fourth-order valence-corrected chi connectivity index (χ4v) is 3.11. The summed E-state index contributed by atoms with van der Waals surface area (Å²) in [6.07, 6.45) is 1.51. The minimum absolute atomic E-state index is 0.0951. The molecule has 1 aliphatic heterocycles. The zero-order valence-corrected chi connectivity index (χ0v) is 16.4. The highest BCUT2D eigenvalue weighted by molar-refractivity contribution is 8.15. The second-order valence-electron chi connectivity index (χ2n) is 5.50. The van der Waals surface area contributed by atoms with E-state index in [-0.39, 0.29) is 17.2 Å². The molecule has 0 aliphatic carbocycles. The first-order valence-corrected chi connectivity index (χ1v) is 9.70. The van der Waals surface area contributed by atoms with Crippen LogP contribution in [0.4, 0.5) is 0 Å². The molecular weight excluding hydrogens is 402 g/mol. The molecule has 0 spiro atoms. The third-order valence-electron chi connectivity index (χ3n) is 3.51. The van der Waals surface area contributed by atoms with Crippen molar-refractivity contribution >= 4 is 46.6 Å². The standard InChI is InChI=1S/C19H16ClN3O4S/c1-2-26-16-9-12(10-21-23-19-22-17(24)11-28-19)7-8-15(16)27-18(25)13-5-3-4-6-14(13)20/h3-10H,2,11H2,1H3,(H,22,23,24). The molecule has 0 radical (unpaired) electrons. The van der Waals surface area contributed by atoms with Crippen LogP contribution in [0.5, 0.6) is 11.5 Å². The van der Waals surface area contributed by atoms with E-state index in [9.17, 15) is 9.59 Å². The fraction of sp³-hybridized carbons (Fsp3) is 0.158. The highest BCUT2D eigenvalue weighted by Gasteiger charge is 2.17. The second-order valence-corrected chi connectivity index (χ2v) is 6.87. The molecule has 2 aromatic carbocycles. The quantitative estimate of drug-likeness (QED) is 0.336. The Balaban J connectivity index is 1.76. The summed E-state index contributed by atoms with van der Waals surface area (Å²) < 4.78 is 11.0. The molecule has 9 heteroatoms. The van der Waals surface area contributed by atoms with Crippen molar-refractivity contribution in [1.82, 2.24) is 5.32 Å². The normalized spacial score (nSPS) is 15.1. The number of nitrogens with one attached hydrogen (secondary N) is 1. The van der Waals surface area contributed by atoms with Gasteiger partial charge in [-0.2, -0.15) is 5.10 Å². The van der Waals surface area contributed by atoms with E-state index in [1.807, 2.05) is 6.92 Å². The van der Waals surface area contributed by atoms with Gasteiger partial charge in [-0.1, -0.05) is 35.5 Å². The molecule has 1 saturated heterocycles. The van der Waals surface area contributed by atoms with Crippen molar-refractivity contribution in [1.29, 1.82) is 0 Å². The maximum absolute atomic E-state index is 12.4. The molecule has 2 aromatic rings. The molecule has 144 valence electrons. The first-order chi connectivity index (χ1) is 13.6. The predicted molar refractivity (Wildman–Crippen MR) is 110 cm³/mol. The molecule has 0 unspecified atom stereocenters. The summed E-state index contributed by atoms with van der Waals surface area (Å²) in [7, 11) is 0. The van der Waals surface area contributed by atoms with E-state index in [2.05, 4.69) is 15.5 Å².